The van der Waals surface area contributed by atoms with Gasteiger partial charge in [-0.05, 0) is 54.9 Å². The largest absolute Gasteiger partial charge is 0.480 e. The lowest BCUT2D eigenvalue weighted by Crippen LogP contribution is -2.58. The number of carboxylic acids is 1. The highest BCUT2D eigenvalue weighted by atomic mass is 32.2. The lowest BCUT2D eigenvalue weighted by Gasteiger charge is -2.29. The Bertz CT molecular complexity index is 1360. The van der Waals surface area contributed by atoms with Crippen LogP contribution in [0.4, 0.5) is 0 Å². The van der Waals surface area contributed by atoms with E-state index in [-0.39, 0.29) is 6.42 Å². The average Bonchev–Trinajstić information content (AvgIpc) is 3.63. The Kier molecular flexibility index (Phi) is 10.4. The number of hydrogen-bond donors (Lipinski definition) is 5. The van der Waals surface area contributed by atoms with E-state index in [4.69, 9.17) is 5.73 Å². The summed E-state index contributed by atoms with van der Waals surface area (Å²) in [5, 5.41) is 16.2. The van der Waals surface area contributed by atoms with Crippen LogP contribution < -0.4 is 16.4 Å². The smallest absolute Gasteiger partial charge is 0.326 e. The molecule has 4 unspecified atom stereocenters. The maximum absolute atomic E-state index is 13.8. The summed E-state index contributed by atoms with van der Waals surface area (Å²) in [6.45, 7) is 0.303. The molecule has 3 aromatic rings. The number of nitrogens with two attached hydrogens (primary N) is 1. The van der Waals surface area contributed by atoms with Crippen LogP contribution in [0, 0.1) is 0 Å². The van der Waals surface area contributed by atoms with Crippen molar-refractivity contribution in [2.75, 3.05) is 18.6 Å². The Labute approximate surface area is 243 Å². The van der Waals surface area contributed by atoms with Gasteiger partial charge in [-0.25, -0.2) is 4.79 Å². The second-order valence-electron chi connectivity index (χ2n) is 10.3. The molecule has 0 bridgehead atoms. The van der Waals surface area contributed by atoms with E-state index < -0.39 is 47.9 Å². The Balaban J connectivity index is 1.53. The summed E-state index contributed by atoms with van der Waals surface area (Å²) in [6.07, 6.45) is 5.45. The third-order valence-corrected chi connectivity index (χ3v) is 8.06. The highest BCUT2D eigenvalue weighted by Crippen LogP contribution is 2.23. The molecule has 41 heavy (non-hydrogen) atoms. The zero-order chi connectivity index (χ0) is 29.4. The summed E-state index contributed by atoms with van der Waals surface area (Å²) in [6, 6.07) is 13.3. The molecule has 1 aromatic heterocycles. The zero-order valence-corrected chi connectivity index (χ0v) is 23.9. The predicted octanol–water partition coefficient (Wildman–Crippen LogP) is 2.08. The van der Waals surface area contributed by atoms with Crippen molar-refractivity contribution in [1.29, 1.82) is 0 Å². The normalized spacial score (nSPS) is 17.1. The number of carbonyl (C=O) groups excluding carboxylic acids is 3. The van der Waals surface area contributed by atoms with Crippen molar-refractivity contribution in [3.05, 3.63) is 71.9 Å². The van der Waals surface area contributed by atoms with Gasteiger partial charge in [-0.15, -0.1) is 0 Å². The number of para-hydroxylation sites is 1. The number of likely N-dealkylation sites (tertiary alicyclic amines) is 1. The number of aromatic nitrogens is 1. The number of H-pyrrole nitrogens is 1. The maximum atomic E-state index is 13.8. The molecule has 2 heterocycles. The molecule has 1 aliphatic heterocycles. The summed E-state index contributed by atoms with van der Waals surface area (Å²) in [7, 11) is 0. The summed E-state index contributed by atoms with van der Waals surface area (Å²) < 4.78 is 0. The third kappa shape index (κ3) is 7.68. The molecule has 3 amide bonds. The number of carbonyl (C=O) groups is 4. The van der Waals surface area contributed by atoms with Crippen LogP contribution in [-0.4, -0.2) is 81.4 Å². The van der Waals surface area contributed by atoms with Gasteiger partial charge in [0, 0.05) is 30.1 Å². The van der Waals surface area contributed by atoms with E-state index in [9.17, 15) is 24.3 Å². The minimum Gasteiger partial charge on any atom is -0.480 e. The first-order chi connectivity index (χ1) is 19.8. The molecule has 0 spiro atoms. The summed E-state index contributed by atoms with van der Waals surface area (Å²) in [4.78, 5) is 56.8. The van der Waals surface area contributed by atoms with Gasteiger partial charge < -0.3 is 31.4 Å². The molecule has 0 radical (unpaired) electrons. The number of hydrogen-bond acceptors (Lipinski definition) is 6. The SMILES string of the molecule is CSCCC(NC(=O)C(N)Cc1ccccc1)C(=O)NC(Cc1c[nH]c2ccccc12)C(=O)N1CCCC1C(=O)O. The molecule has 218 valence electrons. The van der Waals surface area contributed by atoms with E-state index in [2.05, 4.69) is 15.6 Å². The molecule has 1 saturated heterocycles. The molecular weight excluding hydrogens is 542 g/mol. The first kappa shape index (κ1) is 30.1. The summed E-state index contributed by atoms with van der Waals surface area (Å²) >= 11 is 1.53. The highest BCUT2D eigenvalue weighted by molar-refractivity contribution is 7.98. The van der Waals surface area contributed by atoms with Gasteiger partial charge in [-0.3, -0.25) is 14.4 Å². The second-order valence-corrected chi connectivity index (χ2v) is 11.3. The van der Waals surface area contributed by atoms with Gasteiger partial charge >= 0.3 is 5.97 Å². The fourth-order valence-corrected chi connectivity index (χ4v) is 5.70. The van der Waals surface area contributed by atoms with Gasteiger partial charge in [-0.2, -0.15) is 11.8 Å². The standard InChI is InChI=1S/C30H37N5O5S/c1-41-15-13-24(33-27(36)22(31)16-19-8-3-2-4-9-19)28(37)34-25(29(38)35-14-7-12-26(35)30(39)40)17-20-18-32-23-11-6-5-10-21(20)23/h2-6,8-11,18,22,24-26,32H,7,12-17,31H2,1H3,(H,33,36)(H,34,37)(H,39,40). The molecule has 1 fully saturated rings. The Hall–Kier alpha value is -3.83. The van der Waals surface area contributed by atoms with Crippen molar-refractivity contribution < 1.29 is 24.3 Å². The minimum atomic E-state index is -1.06. The first-order valence-electron chi connectivity index (χ1n) is 13.8. The number of aromatic amines is 1. The number of thioether (sulfide) groups is 1. The Morgan fingerprint density at radius 2 is 1.73 bits per heavy atom. The number of carboxylic acid groups (broad SMARTS) is 1. The van der Waals surface area contributed by atoms with Crippen LogP contribution in [0.2, 0.25) is 0 Å². The number of nitrogens with one attached hydrogen (secondary N) is 3. The minimum absolute atomic E-state index is 0.161. The number of amides is 3. The molecule has 4 rings (SSSR count). The molecule has 10 nitrogen and oxygen atoms in total. The monoisotopic (exact) mass is 579 g/mol. The van der Waals surface area contributed by atoms with Crippen LogP contribution in [0.5, 0.6) is 0 Å². The number of nitrogens with zero attached hydrogens (tertiary/aromatic N) is 1. The fraction of sp³-hybridized carbons (Fsp3) is 0.400. The van der Waals surface area contributed by atoms with Gasteiger partial charge in [-0.1, -0.05) is 48.5 Å². The number of benzene rings is 2. The molecular formula is C30H37N5O5S. The van der Waals surface area contributed by atoms with E-state index in [1.54, 1.807) is 6.20 Å². The second kappa shape index (κ2) is 14.2. The predicted molar refractivity (Wildman–Crippen MR) is 159 cm³/mol. The molecule has 0 saturated carbocycles. The van der Waals surface area contributed by atoms with Gasteiger partial charge in [0.15, 0.2) is 0 Å². The topological polar surface area (TPSA) is 158 Å². The number of fused-ring (bicyclic) bond motifs is 1. The van der Waals surface area contributed by atoms with Gasteiger partial charge in [0.2, 0.25) is 17.7 Å². The highest BCUT2D eigenvalue weighted by Gasteiger charge is 2.38. The van der Waals surface area contributed by atoms with Crippen molar-refractivity contribution in [3.63, 3.8) is 0 Å². The average molecular weight is 580 g/mol. The Morgan fingerprint density at radius 1 is 1.02 bits per heavy atom. The molecule has 1 aliphatic rings. The lowest BCUT2D eigenvalue weighted by atomic mass is 10.0. The van der Waals surface area contributed by atoms with Crippen LogP contribution >= 0.6 is 11.8 Å². The number of aliphatic carboxylic acids is 1. The quantitative estimate of drug-likeness (QED) is 0.207. The van der Waals surface area contributed by atoms with Crippen molar-refractivity contribution >= 4 is 46.4 Å². The Morgan fingerprint density at radius 3 is 2.46 bits per heavy atom. The fourth-order valence-electron chi connectivity index (χ4n) is 5.22. The van der Waals surface area contributed by atoms with Gasteiger partial charge in [0.25, 0.3) is 0 Å². The van der Waals surface area contributed by atoms with E-state index in [0.717, 1.165) is 22.0 Å². The zero-order valence-electron chi connectivity index (χ0n) is 23.0. The third-order valence-electron chi connectivity index (χ3n) is 7.41. The van der Waals surface area contributed by atoms with E-state index in [0.29, 0.717) is 38.0 Å². The van der Waals surface area contributed by atoms with Crippen LogP contribution in [-0.2, 0) is 32.0 Å². The van der Waals surface area contributed by atoms with E-state index in [1.165, 1.54) is 16.7 Å². The lowest BCUT2D eigenvalue weighted by molar-refractivity contribution is -0.149. The molecule has 6 N–H and O–H groups in total. The van der Waals surface area contributed by atoms with Crippen molar-refractivity contribution in [3.8, 4) is 0 Å². The van der Waals surface area contributed by atoms with Crippen LogP contribution in [0.15, 0.2) is 60.8 Å². The van der Waals surface area contributed by atoms with Crippen molar-refractivity contribution in [2.24, 2.45) is 5.73 Å². The van der Waals surface area contributed by atoms with Crippen LogP contribution in [0.25, 0.3) is 10.9 Å². The summed E-state index contributed by atoms with van der Waals surface area (Å²) in [5.74, 6) is -1.89. The number of rotatable bonds is 13. The van der Waals surface area contributed by atoms with Gasteiger partial charge in [0.05, 0.1) is 6.04 Å². The molecule has 2 aromatic carbocycles. The molecule has 11 heteroatoms. The van der Waals surface area contributed by atoms with Crippen molar-refractivity contribution in [2.45, 2.75) is 56.3 Å². The van der Waals surface area contributed by atoms with E-state index >= 15 is 0 Å². The van der Waals surface area contributed by atoms with Crippen LogP contribution in [0.1, 0.15) is 30.4 Å². The van der Waals surface area contributed by atoms with Crippen LogP contribution in [0.3, 0.4) is 0 Å². The van der Waals surface area contributed by atoms with Gasteiger partial charge in [0.1, 0.15) is 18.1 Å². The first-order valence-corrected chi connectivity index (χ1v) is 15.1. The molecule has 4 atom stereocenters. The maximum Gasteiger partial charge on any atom is 0.326 e. The van der Waals surface area contributed by atoms with Crippen molar-refractivity contribution in [1.82, 2.24) is 20.5 Å². The van der Waals surface area contributed by atoms with E-state index in [1.807, 2.05) is 60.9 Å². The molecule has 0 aliphatic carbocycles. The summed E-state index contributed by atoms with van der Waals surface area (Å²) in [5.41, 5.74) is 8.79.